The lowest BCUT2D eigenvalue weighted by molar-refractivity contribution is -0.147. The van der Waals surface area contributed by atoms with Gasteiger partial charge in [-0.1, -0.05) is 25.0 Å². The van der Waals surface area contributed by atoms with Gasteiger partial charge in [0, 0.05) is 24.6 Å². The predicted octanol–water partition coefficient (Wildman–Crippen LogP) is 2.57. The second-order valence-electron chi connectivity index (χ2n) is 7.54. The first kappa shape index (κ1) is 18.4. The molecule has 0 spiro atoms. The van der Waals surface area contributed by atoms with E-state index in [1.54, 1.807) is 19.1 Å². The number of nitrogens with one attached hydrogen (secondary N) is 1. The summed E-state index contributed by atoms with van der Waals surface area (Å²) in [7, 11) is 0. The molecule has 6 heteroatoms. The van der Waals surface area contributed by atoms with Crippen LogP contribution in [0.4, 0.5) is 0 Å². The minimum Gasteiger partial charge on any atom is -0.480 e. The summed E-state index contributed by atoms with van der Waals surface area (Å²) in [5, 5.41) is 12.4. The van der Waals surface area contributed by atoms with Crippen molar-refractivity contribution in [1.82, 2.24) is 10.2 Å². The summed E-state index contributed by atoms with van der Waals surface area (Å²) in [6.07, 6.45) is 5.36. The lowest BCUT2D eigenvalue weighted by Crippen LogP contribution is -2.50. The Morgan fingerprint density at radius 3 is 2.42 bits per heavy atom. The summed E-state index contributed by atoms with van der Waals surface area (Å²) < 4.78 is 0. The normalized spacial score (nSPS) is 23.2. The monoisotopic (exact) mass is 358 g/mol. The predicted molar refractivity (Wildman–Crippen MR) is 96.6 cm³/mol. The zero-order valence-electron chi connectivity index (χ0n) is 15.2. The van der Waals surface area contributed by atoms with Gasteiger partial charge >= 0.3 is 5.97 Å². The third-order valence-electron chi connectivity index (χ3n) is 5.74. The van der Waals surface area contributed by atoms with Crippen LogP contribution in [0.3, 0.4) is 0 Å². The number of carbonyl (C=O) groups is 3. The second-order valence-corrected chi connectivity index (χ2v) is 7.54. The molecule has 0 bridgehead atoms. The molecule has 1 heterocycles. The van der Waals surface area contributed by atoms with Gasteiger partial charge in [-0.25, -0.2) is 4.79 Å². The Morgan fingerprint density at radius 1 is 1.15 bits per heavy atom. The SMILES string of the molecule is CC1(C(=O)O)CCCN1C(=O)c1ccc(CNC(=O)C2CCCC2)cc1. The minimum absolute atomic E-state index is 0.108. The van der Waals surface area contributed by atoms with Crippen molar-refractivity contribution < 1.29 is 19.5 Å². The van der Waals surface area contributed by atoms with Crippen molar-refractivity contribution >= 4 is 17.8 Å². The molecule has 140 valence electrons. The number of amides is 2. The van der Waals surface area contributed by atoms with Crippen LogP contribution >= 0.6 is 0 Å². The number of hydrogen-bond donors (Lipinski definition) is 2. The molecular formula is C20H26N2O4. The van der Waals surface area contributed by atoms with Crippen LogP contribution < -0.4 is 5.32 Å². The zero-order valence-corrected chi connectivity index (χ0v) is 15.2. The van der Waals surface area contributed by atoms with Crippen LogP contribution in [0, 0.1) is 5.92 Å². The standard InChI is InChI=1S/C20H26N2O4/c1-20(19(25)26)11-4-12-22(20)18(24)16-9-7-14(8-10-16)13-21-17(23)15-5-2-3-6-15/h7-10,15H,2-6,11-13H2,1H3,(H,21,23)(H,25,26). The van der Waals surface area contributed by atoms with Gasteiger partial charge in [0.15, 0.2) is 0 Å². The number of carbonyl (C=O) groups excluding carboxylic acids is 2. The number of benzene rings is 1. The van der Waals surface area contributed by atoms with E-state index in [1.165, 1.54) is 4.90 Å². The molecule has 6 nitrogen and oxygen atoms in total. The molecule has 2 amide bonds. The van der Waals surface area contributed by atoms with E-state index >= 15 is 0 Å². The highest BCUT2D eigenvalue weighted by atomic mass is 16.4. The zero-order chi connectivity index (χ0) is 18.7. The highest BCUT2D eigenvalue weighted by Crippen LogP contribution is 2.31. The first-order valence-electron chi connectivity index (χ1n) is 9.34. The molecule has 0 radical (unpaired) electrons. The number of hydrogen-bond acceptors (Lipinski definition) is 3. The fourth-order valence-corrected chi connectivity index (χ4v) is 3.95. The molecule has 26 heavy (non-hydrogen) atoms. The molecule has 1 aliphatic heterocycles. The fraction of sp³-hybridized carbons (Fsp3) is 0.550. The maximum absolute atomic E-state index is 12.7. The van der Waals surface area contributed by atoms with E-state index in [4.69, 9.17) is 0 Å². The van der Waals surface area contributed by atoms with Gasteiger partial charge in [-0.05, 0) is 50.3 Å². The van der Waals surface area contributed by atoms with E-state index in [1.807, 2.05) is 12.1 Å². The summed E-state index contributed by atoms with van der Waals surface area (Å²) in [5.74, 6) is -0.972. The smallest absolute Gasteiger partial charge is 0.329 e. The molecule has 1 aliphatic carbocycles. The third kappa shape index (κ3) is 3.59. The molecule has 1 aromatic carbocycles. The Bertz CT molecular complexity index is 694. The lowest BCUT2D eigenvalue weighted by Gasteiger charge is -2.31. The number of nitrogens with zero attached hydrogens (tertiary/aromatic N) is 1. The Kier molecular flexibility index (Phi) is 5.30. The first-order valence-corrected chi connectivity index (χ1v) is 9.34. The van der Waals surface area contributed by atoms with Crippen LogP contribution in [-0.4, -0.2) is 39.9 Å². The summed E-state index contributed by atoms with van der Waals surface area (Å²) in [5.41, 5.74) is 0.269. The summed E-state index contributed by atoms with van der Waals surface area (Å²) in [6.45, 7) is 2.51. The van der Waals surface area contributed by atoms with Gasteiger partial charge in [0.1, 0.15) is 5.54 Å². The van der Waals surface area contributed by atoms with E-state index < -0.39 is 11.5 Å². The van der Waals surface area contributed by atoms with Crippen LogP contribution in [-0.2, 0) is 16.1 Å². The molecule has 1 unspecified atom stereocenters. The Labute approximate surface area is 153 Å². The quantitative estimate of drug-likeness (QED) is 0.847. The van der Waals surface area contributed by atoms with E-state index in [0.29, 0.717) is 31.5 Å². The van der Waals surface area contributed by atoms with Crippen molar-refractivity contribution in [3.05, 3.63) is 35.4 Å². The van der Waals surface area contributed by atoms with E-state index in [2.05, 4.69) is 5.32 Å². The van der Waals surface area contributed by atoms with Crippen molar-refractivity contribution in [2.24, 2.45) is 5.92 Å². The number of likely N-dealkylation sites (tertiary alicyclic amines) is 1. The number of carboxylic acid groups (broad SMARTS) is 1. The Morgan fingerprint density at radius 2 is 1.81 bits per heavy atom. The second kappa shape index (κ2) is 7.48. The van der Waals surface area contributed by atoms with Gasteiger partial charge in [-0.15, -0.1) is 0 Å². The van der Waals surface area contributed by atoms with E-state index in [9.17, 15) is 19.5 Å². The highest BCUT2D eigenvalue weighted by Gasteiger charge is 2.46. The van der Waals surface area contributed by atoms with E-state index in [-0.39, 0.29) is 17.7 Å². The summed E-state index contributed by atoms with van der Waals surface area (Å²) in [6, 6.07) is 7.05. The van der Waals surface area contributed by atoms with Gasteiger partial charge in [0.05, 0.1) is 0 Å². The minimum atomic E-state index is -1.13. The van der Waals surface area contributed by atoms with Crippen molar-refractivity contribution in [2.75, 3.05) is 6.54 Å². The fourth-order valence-electron chi connectivity index (χ4n) is 3.95. The van der Waals surface area contributed by atoms with E-state index in [0.717, 1.165) is 31.2 Å². The molecule has 2 N–H and O–H groups in total. The first-order chi connectivity index (χ1) is 12.4. The van der Waals surface area contributed by atoms with Crippen molar-refractivity contribution in [2.45, 2.75) is 57.5 Å². The maximum atomic E-state index is 12.7. The Hall–Kier alpha value is -2.37. The molecule has 1 saturated heterocycles. The maximum Gasteiger partial charge on any atom is 0.329 e. The molecule has 1 aromatic rings. The molecule has 1 atom stereocenters. The molecule has 2 fully saturated rings. The average molecular weight is 358 g/mol. The van der Waals surface area contributed by atoms with Crippen LogP contribution in [0.25, 0.3) is 0 Å². The number of rotatable bonds is 5. The average Bonchev–Trinajstić information content (AvgIpc) is 3.30. The summed E-state index contributed by atoms with van der Waals surface area (Å²) >= 11 is 0. The topological polar surface area (TPSA) is 86.7 Å². The van der Waals surface area contributed by atoms with Gasteiger partial charge in [-0.3, -0.25) is 9.59 Å². The number of carboxylic acids is 1. The number of aliphatic carboxylic acids is 1. The third-order valence-corrected chi connectivity index (χ3v) is 5.74. The van der Waals surface area contributed by atoms with Crippen LogP contribution in [0.15, 0.2) is 24.3 Å². The van der Waals surface area contributed by atoms with Gasteiger partial charge in [0.2, 0.25) is 5.91 Å². The van der Waals surface area contributed by atoms with Crippen LogP contribution in [0.5, 0.6) is 0 Å². The largest absolute Gasteiger partial charge is 0.480 e. The van der Waals surface area contributed by atoms with Crippen molar-refractivity contribution in [3.63, 3.8) is 0 Å². The molecular weight excluding hydrogens is 332 g/mol. The lowest BCUT2D eigenvalue weighted by atomic mass is 9.98. The van der Waals surface area contributed by atoms with Gasteiger partial charge in [-0.2, -0.15) is 0 Å². The van der Waals surface area contributed by atoms with Gasteiger partial charge < -0.3 is 15.3 Å². The van der Waals surface area contributed by atoms with Crippen molar-refractivity contribution in [3.8, 4) is 0 Å². The van der Waals surface area contributed by atoms with Crippen LogP contribution in [0.1, 0.15) is 61.4 Å². The molecule has 1 saturated carbocycles. The Balaban J connectivity index is 1.61. The van der Waals surface area contributed by atoms with Crippen LogP contribution in [0.2, 0.25) is 0 Å². The van der Waals surface area contributed by atoms with Crippen molar-refractivity contribution in [1.29, 1.82) is 0 Å². The summed E-state index contributed by atoms with van der Waals surface area (Å²) in [4.78, 5) is 37.8. The molecule has 0 aromatic heterocycles. The highest BCUT2D eigenvalue weighted by molar-refractivity contribution is 5.98. The molecule has 3 rings (SSSR count). The van der Waals surface area contributed by atoms with Gasteiger partial charge in [0.25, 0.3) is 5.91 Å². The molecule has 2 aliphatic rings.